The summed E-state index contributed by atoms with van der Waals surface area (Å²) in [6.45, 7) is -1.38. The molecule has 0 bridgehead atoms. The highest BCUT2D eigenvalue weighted by Gasteiger charge is 2.25. The summed E-state index contributed by atoms with van der Waals surface area (Å²) in [5, 5.41) is 17.5. The second kappa shape index (κ2) is 5.57. The van der Waals surface area contributed by atoms with Crippen molar-refractivity contribution in [2.75, 3.05) is 18.9 Å². The minimum absolute atomic E-state index is 0.265. The van der Waals surface area contributed by atoms with Crippen molar-refractivity contribution in [2.24, 2.45) is 0 Å². The summed E-state index contributed by atoms with van der Waals surface area (Å²) >= 11 is 0. The highest BCUT2D eigenvalue weighted by molar-refractivity contribution is 7.89. The molecule has 0 saturated heterocycles. The number of hydrogen-bond donors (Lipinski definition) is 4. The van der Waals surface area contributed by atoms with Gasteiger partial charge in [0.2, 0.25) is 10.0 Å². The van der Waals surface area contributed by atoms with Crippen LogP contribution in [0.5, 0.6) is 0 Å². The van der Waals surface area contributed by atoms with Crippen molar-refractivity contribution < 1.29 is 27.4 Å². The first-order valence-electron chi connectivity index (χ1n) is 4.80. The number of aliphatic hydroxyl groups excluding tert-OH is 2. The number of nitrogen functional groups attached to an aromatic ring is 1. The van der Waals surface area contributed by atoms with E-state index in [-0.39, 0.29) is 5.69 Å². The number of sulfonamides is 1. The van der Waals surface area contributed by atoms with Crippen LogP contribution in [0.25, 0.3) is 0 Å². The molecule has 0 aliphatic heterocycles. The van der Waals surface area contributed by atoms with Crippen LogP contribution in [-0.2, 0) is 10.0 Å². The summed E-state index contributed by atoms with van der Waals surface area (Å²) in [5.74, 6) is -2.98. The van der Waals surface area contributed by atoms with Gasteiger partial charge in [-0.1, -0.05) is 0 Å². The molecule has 0 amide bonds. The fourth-order valence-corrected chi connectivity index (χ4v) is 2.53. The smallest absolute Gasteiger partial charge is 0.244 e. The SMILES string of the molecule is Nc1cc(F)c(F)c(S(=O)(=O)NC(CO)CO)c1. The maximum Gasteiger partial charge on any atom is 0.244 e. The van der Waals surface area contributed by atoms with Crippen molar-refractivity contribution in [3.63, 3.8) is 0 Å². The third-order valence-electron chi connectivity index (χ3n) is 2.07. The van der Waals surface area contributed by atoms with Gasteiger partial charge in [-0.25, -0.2) is 21.9 Å². The fourth-order valence-electron chi connectivity index (χ4n) is 1.19. The monoisotopic (exact) mass is 282 g/mol. The van der Waals surface area contributed by atoms with Crippen LogP contribution in [0.1, 0.15) is 0 Å². The molecule has 1 aromatic rings. The lowest BCUT2D eigenvalue weighted by molar-refractivity contribution is 0.185. The quantitative estimate of drug-likeness (QED) is 0.527. The van der Waals surface area contributed by atoms with Gasteiger partial charge in [-0.2, -0.15) is 0 Å². The van der Waals surface area contributed by atoms with E-state index in [2.05, 4.69) is 0 Å². The topological polar surface area (TPSA) is 113 Å². The Hall–Kier alpha value is -1.29. The van der Waals surface area contributed by atoms with Crippen molar-refractivity contribution >= 4 is 15.7 Å². The van der Waals surface area contributed by atoms with E-state index < -0.39 is 45.8 Å². The zero-order chi connectivity index (χ0) is 13.9. The molecule has 0 aromatic heterocycles. The predicted molar refractivity (Wildman–Crippen MR) is 59.1 cm³/mol. The standard InChI is InChI=1S/C9H12F2N2O4S/c10-7-1-5(12)2-8(9(7)11)18(16,17)13-6(3-14)4-15/h1-2,6,13-15H,3-4,12H2. The Morgan fingerprint density at radius 1 is 1.28 bits per heavy atom. The first-order valence-corrected chi connectivity index (χ1v) is 6.28. The number of halogens is 2. The van der Waals surface area contributed by atoms with Crippen molar-refractivity contribution in [1.29, 1.82) is 0 Å². The third kappa shape index (κ3) is 3.13. The van der Waals surface area contributed by atoms with Crippen LogP contribution in [-0.4, -0.2) is 37.9 Å². The van der Waals surface area contributed by atoms with E-state index >= 15 is 0 Å². The molecule has 0 aliphatic rings. The fraction of sp³-hybridized carbons (Fsp3) is 0.333. The molecule has 0 fully saturated rings. The summed E-state index contributed by atoms with van der Waals surface area (Å²) < 4.78 is 51.6. The molecule has 0 radical (unpaired) electrons. The Morgan fingerprint density at radius 3 is 2.33 bits per heavy atom. The number of nitrogens with two attached hydrogens (primary N) is 1. The minimum Gasteiger partial charge on any atom is -0.399 e. The minimum atomic E-state index is -4.42. The van der Waals surface area contributed by atoms with Crippen LogP contribution in [0.2, 0.25) is 0 Å². The van der Waals surface area contributed by atoms with Gasteiger partial charge in [0.1, 0.15) is 4.90 Å². The number of hydrogen-bond acceptors (Lipinski definition) is 5. The number of nitrogens with one attached hydrogen (secondary N) is 1. The van der Waals surface area contributed by atoms with E-state index in [1.807, 2.05) is 4.72 Å². The van der Waals surface area contributed by atoms with Crippen molar-refractivity contribution in [1.82, 2.24) is 4.72 Å². The third-order valence-corrected chi connectivity index (χ3v) is 3.59. The van der Waals surface area contributed by atoms with Gasteiger partial charge in [-0.15, -0.1) is 0 Å². The van der Waals surface area contributed by atoms with Crippen LogP contribution in [0.15, 0.2) is 17.0 Å². The normalized spacial score (nSPS) is 12.1. The van der Waals surface area contributed by atoms with Gasteiger partial charge in [0, 0.05) is 5.69 Å². The molecule has 0 atom stereocenters. The average Bonchev–Trinajstić information content (AvgIpc) is 2.30. The highest BCUT2D eigenvalue weighted by atomic mass is 32.2. The van der Waals surface area contributed by atoms with Crippen LogP contribution in [0.3, 0.4) is 0 Å². The van der Waals surface area contributed by atoms with Crippen molar-refractivity contribution in [3.8, 4) is 0 Å². The van der Waals surface area contributed by atoms with Gasteiger partial charge in [0.25, 0.3) is 0 Å². The lowest BCUT2D eigenvalue weighted by Crippen LogP contribution is -2.40. The van der Waals surface area contributed by atoms with Crippen LogP contribution >= 0.6 is 0 Å². The van der Waals surface area contributed by atoms with E-state index in [9.17, 15) is 17.2 Å². The zero-order valence-electron chi connectivity index (χ0n) is 9.10. The van der Waals surface area contributed by atoms with Gasteiger partial charge in [-0.05, 0) is 12.1 Å². The van der Waals surface area contributed by atoms with Crippen molar-refractivity contribution in [3.05, 3.63) is 23.8 Å². The largest absolute Gasteiger partial charge is 0.399 e. The van der Waals surface area contributed by atoms with Crippen molar-refractivity contribution in [2.45, 2.75) is 10.9 Å². The molecule has 0 aliphatic carbocycles. The first kappa shape index (κ1) is 14.8. The molecular formula is C9H12F2N2O4S. The second-order valence-electron chi connectivity index (χ2n) is 3.50. The molecular weight excluding hydrogens is 270 g/mol. The van der Waals surface area contributed by atoms with Gasteiger partial charge in [0.15, 0.2) is 11.6 Å². The lowest BCUT2D eigenvalue weighted by Gasteiger charge is -2.14. The Balaban J connectivity index is 3.20. The zero-order valence-corrected chi connectivity index (χ0v) is 9.92. The number of benzene rings is 1. The molecule has 102 valence electrons. The van der Waals surface area contributed by atoms with E-state index in [0.29, 0.717) is 6.07 Å². The molecule has 18 heavy (non-hydrogen) atoms. The van der Waals surface area contributed by atoms with Crippen LogP contribution < -0.4 is 10.5 Å². The predicted octanol–water partition coefficient (Wildman–Crippen LogP) is -0.821. The molecule has 5 N–H and O–H groups in total. The maximum atomic E-state index is 13.4. The molecule has 0 unspecified atom stereocenters. The summed E-state index contributed by atoms with van der Waals surface area (Å²) in [7, 11) is -4.42. The highest BCUT2D eigenvalue weighted by Crippen LogP contribution is 2.21. The van der Waals surface area contributed by atoms with E-state index in [1.54, 1.807) is 0 Å². The Bertz CT molecular complexity index is 532. The molecule has 0 saturated carbocycles. The Kier molecular flexibility index (Phi) is 4.57. The van der Waals surface area contributed by atoms with Crippen LogP contribution in [0.4, 0.5) is 14.5 Å². The van der Waals surface area contributed by atoms with Gasteiger partial charge in [-0.3, -0.25) is 0 Å². The van der Waals surface area contributed by atoms with E-state index in [4.69, 9.17) is 15.9 Å². The average molecular weight is 282 g/mol. The molecule has 1 rings (SSSR count). The Labute approximate surface area is 102 Å². The maximum absolute atomic E-state index is 13.4. The van der Waals surface area contributed by atoms with Gasteiger partial charge in [0.05, 0.1) is 19.3 Å². The summed E-state index contributed by atoms with van der Waals surface area (Å²) in [6.07, 6.45) is 0. The van der Waals surface area contributed by atoms with E-state index in [1.165, 1.54) is 0 Å². The summed E-state index contributed by atoms with van der Waals surface area (Å²) in [6, 6.07) is 0.176. The first-order chi connectivity index (χ1) is 8.31. The summed E-state index contributed by atoms with van der Waals surface area (Å²) in [4.78, 5) is -0.980. The molecule has 1 aromatic carbocycles. The molecule has 6 nitrogen and oxygen atoms in total. The van der Waals surface area contributed by atoms with Gasteiger partial charge < -0.3 is 15.9 Å². The Morgan fingerprint density at radius 2 is 1.83 bits per heavy atom. The number of aliphatic hydroxyl groups is 2. The van der Waals surface area contributed by atoms with Gasteiger partial charge >= 0.3 is 0 Å². The lowest BCUT2D eigenvalue weighted by atomic mass is 10.3. The number of anilines is 1. The summed E-state index contributed by atoms with van der Waals surface area (Å²) in [5.41, 5.74) is 4.96. The second-order valence-corrected chi connectivity index (χ2v) is 5.18. The van der Waals surface area contributed by atoms with E-state index in [0.717, 1.165) is 6.07 Å². The van der Waals surface area contributed by atoms with Crippen LogP contribution in [0, 0.1) is 11.6 Å². The molecule has 0 heterocycles. The molecule has 0 spiro atoms. The molecule has 9 heteroatoms. The number of rotatable bonds is 5.